The first-order valence-corrected chi connectivity index (χ1v) is 6.76. The van der Waals surface area contributed by atoms with Crippen LogP contribution in [0.4, 0.5) is 0 Å². The van der Waals surface area contributed by atoms with Crippen LogP contribution in [-0.4, -0.2) is 25.8 Å². The minimum absolute atomic E-state index is 0.304. The molecule has 18 heavy (non-hydrogen) atoms. The molecule has 1 aromatic rings. The molecule has 1 aromatic carbocycles. The lowest BCUT2D eigenvalue weighted by atomic mass is 10.2. The van der Waals surface area contributed by atoms with Crippen LogP contribution in [-0.2, 0) is 11.3 Å². The molecule has 0 aliphatic heterocycles. The number of benzene rings is 1. The third kappa shape index (κ3) is 4.67. The van der Waals surface area contributed by atoms with Crippen LogP contribution in [0.2, 0.25) is 0 Å². The van der Waals surface area contributed by atoms with Crippen molar-refractivity contribution in [3.8, 4) is 5.75 Å². The third-order valence-electron chi connectivity index (χ3n) is 3.25. The SMILES string of the molecule is COc1ccc(COC(C)CCNC2CC2)cc1. The molecule has 1 N–H and O–H groups in total. The summed E-state index contributed by atoms with van der Waals surface area (Å²) in [6.45, 7) is 3.88. The molecular formula is C15H23NO2. The van der Waals surface area contributed by atoms with Gasteiger partial charge in [-0.2, -0.15) is 0 Å². The van der Waals surface area contributed by atoms with Gasteiger partial charge in [-0.3, -0.25) is 0 Å². The molecule has 1 atom stereocenters. The number of methoxy groups -OCH3 is 1. The Morgan fingerprint density at radius 3 is 2.61 bits per heavy atom. The normalized spacial score (nSPS) is 16.6. The standard InChI is InChI=1S/C15H23NO2/c1-12(9-10-16-14-5-6-14)18-11-13-3-7-15(17-2)8-4-13/h3-4,7-8,12,14,16H,5-6,9-11H2,1-2H3. The van der Waals surface area contributed by atoms with E-state index in [9.17, 15) is 0 Å². The maximum absolute atomic E-state index is 5.82. The average molecular weight is 249 g/mol. The first-order chi connectivity index (χ1) is 8.78. The van der Waals surface area contributed by atoms with Crippen molar-refractivity contribution in [1.29, 1.82) is 0 Å². The predicted molar refractivity (Wildman–Crippen MR) is 72.9 cm³/mol. The molecule has 0 bridgehead atoms. The van der Waals surface area contributed by atoms with Crippen molar-refractivity contribution in [1.82, 2.24) is 5.32 Å². The molecule has 3 heteroatoms. The first kappa shape index (κ1) is 13.4. The summed E-state index contributed by atoms with van der Waals surface area (Å²) < 4.78 is 11.0. The summed E-state index contributed by atoms with van der Waals surface area (Å²) in [5.74, 6) is 0.889. The van der Waals surface area contributed by atoms with Gasteiger partial charge in [0, 0.05) is 6.04 Å². The van der Waals surface area contributed by atoms with Gasteiger partial charge in [0.15, 0.2) is 0 Å². The second-order valence-electron chi connectivity index (χ2n) is 4.99. The van der Waals surface area contributed by atoms with Gasteiger partial charge in [-0.25, -0.2) is 0 Å². The summed E-state index contributed by atoms with van der Waals surface area (Å²) in [5.41, 5.74) is 1.19. The minimum Gasteiger partial charge on any atom is -0.497 e. The van der Waals surface area contributed by atoms with Crippen LogP contribution in [0.15, 0.2) is 24.3 Å². The van der Waals surface area contributed by atoms with Crippen molar-refractivity contribution < 1.29 is 9.47 Å². The lowest BCUT2D eigenvalue weighted by molar-refractivity contribution is 0.0477. The van der Waals surface area contributed by atoms with Crippen LogP contribution >= 0.6 is 0 Å². The fourth-order valence-electron chi connectivity index (χ4n) is 1.82. The molecule has 0 amide bonds. The van der Waals surface area contributed by atoms with Gasteiger partial charge in [-0.1, -0.05) is 12.1 Å². The van der Waals surface area contributed by atoms with Crippen LogP contribution in [0.1, 0.15) is 31.7 Å². The summed E-state index contributed by atoms with van der Waals surface area (Å²) in [6.07, 6.45) is 4.08. The smallest absolute Gasteiger partial charge is 0.118 e. The van der Waals surface area contributed by atoms with Crippen LogP contribution < -0.4 is 10.1 Å². The zero-order chi connectivity index (χ0) is 12.8. The van der Waals surface area contributed by atoms with Gasteiger partial charge in [0.1, 0.15) is 5.75 Å². The number of hydrogen-bond acceptors (Lipinski definition) is 3. The van der Waals surface area contributed by atoms with Crippen molar-refractivity contribution in [2.24, 2.45) is 0 Å². The van der Waals surface area contributed by atoms with E-state index in [1.165, 1.54) is 18.4 Å². The van der Waals surface area contributed by atoms with E-state index >= 15 is 0 Å². The van der Waals surface area contributed by atoms with Crippen molar-refractivity contribution in [3.05, 3.63) is 29.8 Å². The third-order valence-corrected chi connectivity index (χ3v) is 3.25. The topological polar surface area (TPSA) is 30.5 Å². The monoisotopic (exact) mass is 249 g/mol. The molecule has 100 valence electrons. The van der Waals surface area contributed by atoms with Gasteiger partial charge >= 0.3 is 0 Å². The van der Waals surface area contributed by atoms with E-state index < -0.39 is 0 Å². The van der Waals surface area contributed by atoms with E-state index in [2.05, 4.69) is 12.2 Å². The highest BCUT2D eigenvalue weighted by molar-refractivity contribution is 5.26. The van der Waals surface area contributed by atoms with E-state index in [1.807, 2.05) is 24.3 Å². The van der Waals surface area contributed by atoms with Crippen molar-refractivity contribution in [2.75, 3.05) is 13.7 Å². The maximum atomic E-state index is 5.82. The van der Waals surface area contributed by atoms with E-state index in [1.54, 1.807) is 7.11 Å². The first-order valence-electron chi connectivity index (χ1n) is 6.76. The molecule has 0 heterocycles. The lowest BCUT2D eigenvalue weighted by Gasteiger charge is -2.13. The molecule has 1 saturated carbocycles. The Morgan fingerprint density at radius 2 is 2.00 bits per heavy atom. The van der Waals surface area contributed by atoms with Crippen molar-refractivity contribution in [3.63, 3.8) is 0 Å². The number of nitrogens with one attached hydrogen (secondary N) is 1. The molecule has 1 aliphatic rings. The van der Waals surface area contributed by atoms with Crippen LogP contribution in [0.25, 0.3) is 0 Å². The van der Waals surface area contributed by atoms with Crippen molar-refractivity contribution in [2.45, 2.75) is 44.9 Å². The van der Waals surface area contributed by atoms with Crippen molar-refractivity contribution >= 4 is 0 Å². The minimum atomic E-state index is 0.304. The molecule has 1 aliphatic carbocycles. The zero-order valence-corrected chi connectivity index (χ0v) is 11.3. The predicted octanol–water partition coefficient (Wildman–Crippen LogP) is 2.74. The quantitative estimate of drug-likeness (QED) is 0.768. The molecule has 3 nitrogen and oxygen atoms in total. The number of rotatable bonds is 8. The fraction of sp³-hybridized carbons (Fsp3) is 0.600. The lowest BCUT2D eigenvalue weighted by Crippen LogP contribution is -2.22. The van der Waals surface area contributed by atoms with E-state index in [0.29, 0.717) is 12.7 Å². The number of ether oxygens (including phenoxy) is 2. The van der Waals surface area contributed by atoms with Gasteiger partial charge < -0.3 is 14.8 Å². The average Bonchev–Trinajstić information content (AvgIpc) is 3.21. The van der Waals surface area contributed by atoms with Gasteiger partial charge in [-0.05, 0) is 50.4 Å². The fourth-order valence-corrected chi connectivity index (χ4v) is 1.82. The Balaban J connectivity index is 1.62. The highest BCUT2D eigenvalue weighted by Gasteiger charge is 2.19. The van der Waals surface area contributed by atoms with Gasteiger partial charge in [-0.15, -0.1) is 0 Å². The summed E-state index contributed by atoms with van der Waals surface area (Å²) >= 11 is 0. The number of hydrogen-bond donors (Lipinski definition) is 1. The molecular weight excluding hydrogens is 226 g/mol. The molecule has 2 rings (SSSR count). The Bertz CT molecular complexity index is 346. The summed E-state index contributed by atoms with van der Waals surface area (Å²) in [6, 6.07) is 8.83. The van der Waals surface area contributed by atoms with Gasteiger partial charge in [0.2, 0.25) is 0 Å². The van der Waals surface area contributed by atoms with Crippen LogP contribution in [0.3, 0.4) is 0 Å². The second kappa shape index (κ2) is 6.76. The van der Waals surface area contributed by atoms with E-state index in [4.69, 9.17) is 9.47 Å². The largest absolute Gasteiger partial charge is 0.497 e. The highest BCUT2D eigenvalue weighted by atomic mass is 16.5. The van der Waals surface area contributed by atoms with Crippen LogP contribution in [0, 0.1) is 0 Å². The Hall–Kier alpha value is -1.06. The molecule has 0 aromatic heterocycles. The Kier molecular flexibility index (Phi) is 5.02. The molecule has 0 spiro atoms. The highest BCUT2D eigenvalue weighted by Crippen LogP contribution is 2.18. The summed E-state index contributed by atoms with van der Waals surface area (Å²) in [7, 11) is 1.68. The summed E-state index contributed by atoms with van der Waals surface area (Å²) in [4.78, 5) is 0. The van der Waals surface area contributed by atoms with E-state index in [-0.39, 0.29) is 0 Å². The summed E-state index contributed by atoms with van der Waals surface area (Å²) in [5, 5.41) is 3.50. The Morgan fingerprint density at radius 1 is 1.28 bits per heavy atom. The van der Waals surface area contributed by atoms with Crippen LogP contribution in [0.5, 0.6) is 5.75 Å². The second-order valence-corrected chi connectivity index (χ2v) is 4.99. The Labute approximate surface area is 109 Å². The van der Waals surface area contributed by atoms with E-state index in [0.717, 1.165) is 24.8 Å². The molecule has 1 unspecified atom stereocenters. The van der Waals surface area contributed by atoms with Gasteiger partial charge in [0.25, 0.3) is 0 Å². The van der Waals surface area contributed by atoms with Gasteiger partial charge in [0.05, 0.1) is 19.8 Å². The molecule has 0 saturated heterocycles. The zero-order valence-electron chi connectivity index (χ0n) is 11.3. The molecule has 1 fully saturated rings. The maximum Gasteiger partial charge on any atom is 0.118 e. The molecule has 0 radical (unpaired) electrons.